The highest BCUT2D eigenvalue weighted by atomic mass is 16.6. The van der Waals surface area contributed by atoms with Gasteiger partial charge in [0, 0.05) is 37.4 Å². The average molecular weight is 583 g/mol. The molecule has 0 aliphatic heterocycles. The molecule has 1 aliphatic rings. The number of non-ortho nitro benzene ring substituents is 2. The Labute approximate surface area is 250 Å². The predicted octanol–water partition coefficient (Wildman–Crippen LogP) is 7.38. The van der Waals surface area contributed by atoms with Gasteiger partial charge in [0.05, 0.1) is 9.85 Å². The van der Waals surface area contributed by atoms with Crippen molar-refractivity contribution in [1.82, 2.24) is 10.6 Å². The lowest BCUT2D eigenvalue weighted by molar-refractivity contribution is -0.385. The van der Waals surface area contributed by atoms with E-state index < -0.39 is 9.85 Å². The van der Waals surface area contributed by atoms with Crippen LogP contribution in [0, 0.1) is 32.1 Å². The highest BCUT2D eigenvalue weighted by molar-refractivity contribution is 5.40. The third kappa shape index (κ3) is 8.84. The Hall–Kier alpha value is -4.80. The first-order valence-corrected chi connectivity index (χ1v) is 14.4. The number of rotatable bonds is 14. The molecule has 4 aromatic rings. The molecular formula is C33H34N4O6. The minimum atomic E-state index is -0.429. The maximum Gasteiger partial charge on any atom is 0.269 e. The Morgan fingerprint density at radius 1 is 0.558 bits per heavy atom. The maximum atomic E-state index is 10.8. The highest BCUT2D eigenvalue weighted by Gasteiger charge is 2.24. The number of nitro groups is 2. The summed E-state index contributed by atoms with van der Waals surface area (Å²) in [7, 11) is 0. The van der Waals surface area contributed by atoms with Crippen molar-refractivity contribution in [3.63, 3.8) is 0 Å². The SMILES string of the molecule is O=[N+]([O-])c1ccc(Oc2ccc(CNCC3CCC(CNCc4ccc(Oc5ccc([N+](=O)[O-])cc5)cc4)C3)cc2)cc1. The lowest BCUT2D eigenvalue weighted by Gasteiger charge is -2.14. The second kappa shape index (κ2) is 14.4. The number of nitrogens with zero attached hydrogens (tertiary/aromatic N) is 2. The van der Waals surface area contributed by atoms with Crippen LogP contribution in [-0.4, -0.2) is 22.9 Å². The van der Waals surface area contributed by atoms with Crippen LogP contribution in [0.2, 0.25) is 0 Å². The van der Waals surface area contributed by atoms with Gasteiger partial charge in [-0.05, 0) is 104 Å². The zero-order valence-corrected chi connectivity index (χ0v) is 23.7. The largest absolute Gasteiger partial charge is 0.457 e. The smallest absolute Gasteiger partial charge is 0.269 e. The van der Waals surface area contributed by atoms with Crippen LogP contribution in [0.15, 0.2) is 97.1 Å². The Bertz CT molecular complexity index is 1380. The van der Waals surface area contributed by atoms with Crippen molar-refractivity contribution in [1.29, 1.82) is 0 Å². The maximum absolute atomic E-state index is 10.8. The Balaban J connectivity index is 0.962. The van der Waals surface area contributed by atoms with E-state index >= 15 is 0 Å². The van der Waals surface area contributed by atoms with Gasteiger partial charge in [0.25, 0.3) is 11.4 Å². The Morgan fingerprint density at radius 3 is 1.21 bits per heavy atom. The zero-order valence-electron chi connectivity index (χ0n) is 23.7. The molecule has 1 fully saturated rings. The summed E-state index contributed by atoms with van der Waals surface area (Å²) in [6, 6.07) is 27.9. The molecule has 4 aromatic carbocycles. The first-order chi connectivity index (χ1) is 20.9. The summed E-state index contributed by atoms with van der Waals surface area (Å²) in [6.07, 6.45) is 3.68. The van der Waals surface area contributed by atoms with Crippen molar-refractivity contribution in [3.05, 3.63) is 128 Å². The molecule has 2 N–H and O–H groups in total. The topological polar surface area (TPSA) is 129 Å². The lowest BCUT2D eigenvalue weighted by atomic mass is 10.0. The van der Waals surface area contributed by atoms with Gasteiger partial charge in [-0.3, -0.25) is 20.2 Å². The molecule has 10 heteroatoms. The molecule has 10 nitrogen and oxygen atoms in total. The highest BCUT2D eigenvalue weighted by Crippen LogP contribution is 2.30. The van der Waals surface area contributed by atoms with Crippen molar-refractivity contribution < 1.29 is 19.3 Å². The van der Waals surface area contributed by atoms with E-state index in [1.165, 1.54) is 54.7 Å². The van der Waals surface area contributed by atoms with Crippen LogP contribution in [-0.2, 0) is 13.1 Å². The third-order valence-corrected chi connectivity index (χ3v) is 7.59. The third-order valence-electron chi connectivity index (χ3n) is 7.59. The molecule has 1 aliphatic carbocycles. The molecule has 222 valence electrons. The van der Waals surface area contributed by atoms with Gasteiger partial charge in [0.1, 0.15) is 23.0 Å². The molecule has 0 amide bonds. The van der Waals surface area contributed by atoms with Gasteiger partial charge in [-0.25, -0.2) is 0 Å². The minimum absolute atomic E-state index is 0.0384. The predicted molar refractivity (Wildman–Crippen MR) is 163 cm³/mol. The number of ether oxygens (including phenoxy) is 2. The van der Waals surface area contributed by atoms with E-state index in [4.69, 9.17) is 9.47 Å². The molecule has 5 rings (SSSR count). The standard InChI is InChI=1S/C33H34N4O6/c38-36(39)28-7-15-32(16-8-28)42-30-11-3-24(4-12-30)20-34-22-26-1-2-27(19-26)23-35-21-25-5-13-31(14-6-25)43-33-17-9-29(10-18-33)37(40)41/h3-18,26-27,34-35H,1-2,19-23H2. The van der Waals surface area contributed by atoms with Crippen LogP contribution >= 0.6 is 0 Å². The second-order valence-electron chi connectivity index (χ2n) is 10.8. The summed E-state index contributed by atoms with van der Waals surface area (Å²) in [5.74, 6) is 3.85. The zero-order chi connectivity index (χ0) is 30.0. The summed E-state index contributed by atoms with van der Waals surface area (Å²) in [6.45, 7) is 3.57. The van der Waals surface area contributed by atoms with Crippen LogP contribution in [0.5, 0.6) is 23.0 Å². The Kier molecular flexibility index (Phi) is 9.94. The Morgan fingerprint density at radius 2 is 0.884 bits per heavy atom. The molecular weight excluding hydrogens is 548 g/mol. The van der Waals surface area contributed by atoms with Crippen LogP contribution < -0.4 is 20.1 Å². The fourth-order valence-electron chi connectivity index (χ4n) is 5.29. The van der Waals surface area contributed by atoms with Gasteiger partial charge in [-0.2, -0.15) is 0 Å². The van der Waals surface area contributed by atoms with E-state index in [0.717, 1.165) is 26.2 Å². The molecule has 0 radical (unpaired) electrons. The normalized spacial score (nSPS) is 16.1. The molecule has 0 saturated heterocycles. The van der Waals surface area contributed by atoms with Crippen LogP contribution in [0.4, 0.5) is 11.4 Å². The van der Waals surface area contributed by atoms with Crippen molar-refractivity contribution in [2.45, 2.75) is 32.4 Å². The molecule has 2 unspecified atom stereocenters. The summed E-state index contributed by atoms with van der Waals surface area (Å²) in [4.78, 5) is 20.7. The first-order valence-electron chi connectivity index (χ1n) is 14.4. The van der Waals surface area contributed by atoms with E-state index in [1.54, 1.807) is 24.3 Å². The number of nitrogens with one attached hydrogen (secondary N) is 2. The molecule has 0 bridgehead atoms. The summed E-state index contributed by atoms with van der Waals surface area (Å²) in [5.41, 5.74) is 2.43. The minimum Gasteiger partial charge on any atom is -0.457 e. The fourth-order valence-corrected chi connectivity index (χ4v) is 5.29. The monoisotopic (exact) mass is 582 g/mol. The fraction of sp³-hybridized carbons (Fsp3) is 0.273. The van der Waals surface area contributed by atoms with Gasteiger partial charge in [-0.1, -0.05) is 24.3 Å². The molecule has 43 heavy (non-hydrogen) atoms. The van der Waals surface area contributed by atoms with Gasteiger partial charge >= 0.3 is 0 Å². The van der Waals surface area contributed by atoms with Gasteiger partial charge in [0.15, 0.2) is 0 Å². The summed E-state index contributed by atoms with van der Waals surface area (Å²) < 4.78 is 11.6. The number of nitro benzene ring substituents is 2. The van der Waals surface area contributed by atoms with E-state index in [9.17, 15) is 20.2 Å². The number of hydrogen-bond donors (Lipinski definition) is 2. The lowest BCUT2D eigenvalue weighted by Crippen LogP contribution is -2.23. The quantitative estimate of drug-likeness (QED) is 0.116. The average Bonchev–Trinajstić information content (AvgIpc) is 3.47. The van der Waals surface area contributed by atoms with Crippen LogP contribution in [0.1, 0.15) is 30.4 Å². The van der Waals surface area contributed by atoms with Crippen LogP contribution in [0.25, 0.3) is 0 Å². The van der Waals surface area contributed by atoms with E-state index in [2.05, 4.69) is 10.6 Å². The summed E-state index contributed by atoms with van der Waals surface area (Å²) in [5, 5.41) is 28.8. The molecule has 0 heterocycles. The van der Waals surface area contributed by atoms with Crippen molar-refractivity contribution in [2.24, 2.45) is 11.8 Å². The van der Waals surface area contributed by atoms with E-state index in [0.29, 0.717) is 34.8 Å². The molecule has 0 spiro atoms. The van der Waals surface area contributed by atoms with E-state index in [1.807, 2.05) is 48.5 Å². The molecule has 2 atom stereocenters. The van der Waals surface area contributed by atoms with Gasteiger partial charge in [-0.15, -0.1) is 0 Å². The number of hydrogen-bond acceptors (Lipinski definition) is 8. The molecule has 1 saturated carbocycles. The van der Waals surface area contributed by atoms with Crippen molar-refractivity contribution in [3.8, 4) is 23.0 Å². The number of benzene rings is 4. The van der Waals surface area contributed by atoms with Gasteiger partial charge < -0.3 is 20.1 Å². The molecule has 0 aromatic heterocycles. The van der Waals surface area contributed by atoms with Crippen molar-refractivity contribution >= 4 is 11.4 Å². The summed E-state index contributed by atoms with van der Waals surface area (Å²) >= 11 is 0. The van der Waals surface area contributed by atoms with E-state index in [-0.39, 0.29) is 11.4 Å². The van der Waals surface area contributed by atoms with Crippen molar-refractivity contribution in [2.75, 3.05) is 13.1 Å². The van der Waals surface area contributed by atoms with Gasteiger partial charge in [0.2, 0.25) is 0 Å². The first kappa shape index (κ1) is 29.7. The van der Waals surface area contributed by atoms with Crippen LogP contribution in [0.3, 0.4) is 0 Å². The second-order valence-corrected chi connectivity index (χ2v) is 10.8.